The lowest BCUT2D eigenvalue weighted by Gasteiger charge is -2.09. The van der Waals surface area contributed by atoms with E-state index in [1.54, 1.807) is 0 Å². The fraction of sp³-hybridized carbons (Fsp3) is 0.917. The summed E-state index contributed by atoms with van der Waals surface area (Å²) in [6, 6.07) is 0. The number of hydrogen-bond donors (Lipinski definition) is 3. The van der Waals surface area contributed by atoms with E-state index >= 15 is 0 Å². The van der Waals surface area contributed by atoms with Gasteiger partial charge in [0, 0.05) is 6.54 Å². The monoisotopic (exact) mass is 230 g/mol. The maximum Gasteiger partial charge on any atom is 0.233 e. The number of amides is 1. The maximum absolute atomic E-state index is 11.3. The van der Waals surface area contributed by atoms with Crippen LogP contribution in [0.15, 0.2) is 0 Å². The average Bonchev–Trinajstić information content (AvgIpc) is 2.23. The van der Waals surface area contributed by atoms with Gasteiger partial charge in [0.2, 0.25) is 5.91 Å². The van der Waals surface area contributed by atoms with Gasteiger partial charge in [-0.15, -0.1) is 0 Å². The van der Waals surface area contributed by atoms with Crippen LogP contribution in [0.2, 0.25) is 0 Å². The molecule has 0 radical (unpaired) electrons. The smallest absolute Gasteiger partial charge is 0.233 e. The van der Waals surface area contributed by atoms with E-state index < -0.39 is 0 Å². The second-order valence-corrected chi connectivity index (χ2v) is 4.56. The van der Waals surface area contributed by atoms with Crippen molar-refractivity contribution < 1.29 is 9.90 Å². The first-order valence-corrected chi connectivity index (χ1v) is 6.21. The molecule has 0 spiro atoms. The summed E-state index contributed by atoms with van der Waals surface area (Å²) in [6.07, 6.45) is 2.23. The molecule has 0 heterocycles. The molecule has 0 aromatic carbocycles. The highest BCUT2D eigenvalue weighted by atomic mass is 16.3. The molecule has 0 rings (SSSR count). The minimum Gasteiger partial charge on any atom is -0.393 e. The van der Waals surface area contributed by atoms with Crippen LogP contribution in [0.5, 0.6) is 0 Å². The van der Waals surface area contributed by atoms with Gasteiger partial charge in [-0.3, -0.25) is 4.79 Å². The molecule has 0 aliphatic rings. The van der Waals surface area contributed by atoms with Crippen LogP contribution in [0, 0.1) is 5.92 Å². The lowest BCUT2D eigenvalue weighted by atomic mass is 10.1. The van der Waals surface area contributed by atoms with Crippen LogP contribution < -0.4 is 10.6 Å². The molecule has 96 valence electrons. The van der Waals surface area contributed by atoms with Gasteiger partial charge < -0.3 is 15.7 Å². The summed E-state index contributed by atoms with van der Waals surface area (Å²) in [6.45, 7) is 7.99. The molecule has 3 N–H and O–H groups in total. The van der Waals surface area contributed by atoms with Crippen molar-refractivity contribution >= 4 is 5.91 Å². The van der Waals surface area contributed by atoms with Crippen LogP contribution in [0.4, 0.5) is 0 Å². The van der Waals surface area contributed by atoms with Crippen LogP contribution in [-0.4, -0.2) is 36.8 Å². The summed E-state index contributed by atoms with van der Waals surface area (Å²) >= 11 is 0. The van der Waals surface area contributed by atoms with Crippen molar-refractivity contribution in [1.82, 2.24) is 10.6 Å². The second-order valence-electron chi connectivity index (χ2n) is 4.56. The molecule has 0 saturated heterocycles. The van der Waals surface area contributed by atoms with Gasteiger partial charge in [0.05, 0.1) is 12.6 Å². The molecule has 0 aromatic rings. The Morgan fingerprint density at radius 3 is 2.50 bits per heavy atom. The molecule has 0 fully saturated rings. The number of aliphatic hydroxyl groups excluding tert-OH is 1. The van der Waals surface area contributed by atoms with E-state index in [0.29, 0.717) is 25.4 Å². The number of carbonyl (C=O) groups is 1. The van der Waals surface area contributed by atoms with E-state index in [0.717, 1.165) is 19.4 Å². The summed E-state index contributed by atoms with van der Waals surface area (Å²) in [7, 11) is 0. The van der Waals surface area contributed by atoms with E-state index in [2.05, 4.69) is 24.5 Å². The van der Waals surface area contributed by atoms with Crippen molar-refractivity contribution in [3.05, 3.63) is 0 Å². The number of hydrogen-bond acceptors (Lipinski definition) is 3. The molecule has 0 saturated carbocycles. The largest absolute Gasteiger partial charge is 0.393 e. The van der Waals surface area contributed by atoms with Gasteiger partial charge >= 0.3 is 0 Å². The standard InChI is InChI=1S/C12H26N2O2/c1-4-11(15)6-7-13-9-12(16)14-8-5-10(2)3/h10-11,13,15H,4-9H2,1-3H3,(H,14,16). The third kappa shape index (κ3) is 9.93. The summed E-state index contributed by atoms with van der Waals surface area (Å²) < 4.78 is 0. The summed E-state index contributed by atoms with van der Waals surface area (Å²) in [5, 5.41) is 15.2. The average molecular weight is 230 g/mol. The Hall–Kier alpha value is -0.610. The molecular formula is C12H26N2O2. The molecule has 16 heavy (non-hydrogen) atoms. The highest BCUT2D eigenvalue weighted by Gasteiger charge is 2.02. The first-order chi connectivity index (χ1) is 7.56. The molecular weight excluding hydrogens is 204 g/mol. The van der Waals surface area contributed by atoms with Crippen molar-refractivity contribution in [1.29, 1.82) is 0 Å². The van der Waals surface area contributed by atoms with Crippen molar-refractivity contribution in [3.8, 4) is 0 Å². The van der Waals surface area contributed by atoms with E-state index in [4.69, 9.17) is 0 Å². The molecule has 0 aliphatic heterocycles. The first-order valence-electron chi connectivity index (χ1n) is 6.21. The van der Waals surface area contributed by atoms with Crippen molar-refractivity contribution in [2.45, 2.75) is 46.1 Å². The third-order valence-corrected chi connectivity index (χ3v) is 2.46. The van der Waals surface area contributed by atoms with Crippen LogP contribution in [0.1, 0.15) is 40.0 Å². The predicted molar refractivity (Wildman–Crippen MR) is 66.2 cm³/mol. The molecule has 1 amide bonds. The first kappa shape index (κ1) is 15.4. The van der Waals surface area contributed by atoms with Crippen LogP contribution in [0.25, 0.3) is 0 Å². The quantitative estimate of drug-likeness (QED) is 0.516. The summed E-state index contributed by atoms with van der Waals surface area (Å²) in [5.74, 6) is 0.652. The zero-order valence-corrected chi connectivity index (χ0v) is 10.8. The normalized spacial score (nSPS) is 12.8. The van der Waals surface area contributed by atoms with E-state index in [1.165, 1.54) is 0 Å². The van der Waals surface area contributed by atoms with E-state index in [1.807, 2.05) is 6.92 Å². The Balaban J connectivity index is 3.30. The van der Waals surface area contributed by atoms with Gasteiger partial charge in [0.15, 0.2) is 0 Å². The highest BCUT2D eigenvalue weighted by molar-refractivity contribution is 5.77. The zero-order chi connectivity index (χ0) is 12.4. The fourth-order valence-corrected chi connectivity index (χ4v) is 1.24. The van der Waals surface area contributed by atoms with Gasteiger partial charge in [-0.1, -0.05) is 20.8 Å². The highest BCUT2D eigenvalue weighted by Crippen LogP contribution is 1.96. The predicted octanol–water partition coefficient (Wildman–Crippen LogP) is 0.899. The summed E-state index contributed by atoms with van der Waals surface area (Å²) in [4.78, 5) is 11.3. The third-order valence-electron chi connectivity index (χ3n) is 2.46. The Morgan fingerprint density at radius 1 is 1.25 bits per heavy atom. The van der Waals surface area contributed by atoms with Gasteiger partial charge in [0.1, 0.15) is 0 Å². The van der Waals surface area contributed by atoms with Crippen molar-refractivity contribution in [2.24, 2.45) is 5.92 Å². The number of nitrogens with one attached hydrogen (secondary N) is 2. The molecule has 4 heteroatoms. The maximum atomic E-state index is 11.3. The van der Waals surface area contributed by atoms with Crippen molar-refractivity contribution in [3.63, 3.8) is 0 Å². The Morgan fingerprint density at radius 2 is 1.94 bits per heavy atom. The number of carbonyl (C=O) groups excluding carboxylic acids is 1. The van der Waals surface area contributed by atoms with Gasteiger partial charge in [-0.2, -0.15) is 0 Å². The van der Waals surface area contributed by atoms with Gasteiger partial charge in [-0.05, 0) is 31.7 Å². The van der Waals surface area contributed by atoms with Gasteiger partial charge in [-0.25, -0.2) is 0 Å². The van der Waals surface area contributed by atoms with Crippen LogP contribution in [-0.2, 0) is 4.79 Å². The van der Waals surface area contributed by atoms with Crippen molar-refractivity contribution in [2.75, 3.05) is 19.6 Å². The Bertz CT molecular complexity index is 184. The molecule has 1 unspecified atom stereocenters. The lowest BCUT2D eigenvalue weighted by molar-refractivity contribution is -0.120. The minimum absolute atomic E-state index is 0.0339. The number of rotatable bonds is 9. The van der Waals surface area contributed by atoms with E-state index in [-0.39, 0.29) is 12.0 Å². The molecule has 1 atom stereocenters. The molecule has 4 nitrogen and oxygen atoms in total. The number of aliphatic hydroxyl groups is 1. The molecule has 0 aliphatic carbocycles. The SMILES string of the molecule is CCC(O)CCNCC(=O)NCCC(C)C. The Kier molecular flexibility index (Phi) is 9.24. The zero-order valence-electron chi connectivity index (χ0n) is 10.8. The second kappa shape index (κ2) is 9.60. The molecule has 0 aromatic heterocycles. The van der Waals surface area contributed by atoms with Crippen LogP contribution in [0.3, 0.4) is 0 Å². The van der Waals surface area contributed by atoms with Crippen LogP contribution >= 0.6 is 0 Å². The van der Waals surface area contributed by atoms with E-state index in [9.17, 15) is 9.90 Å². The lowest BCUT2D eigenvalue weighted by Crippen LogP contribution is -2.35. The summed E-state index contributed by atoms with van der Waals surface area (Å²) in [5.41, 5.74) is 0. The Labute approximate surface area is 98.8 Å². The molecule has 0 bridgehead atoms. The topological polar surface area (TPSA) is 61.4 Å². The van der Waals surface area contributed by atoms with Gasteiger partial charge in [0.25, 0.3) is 0 Å². The minimum atomic E-state index is -0.253. The fourth-order valence-electron chi connectivity index (χ4n) is 1.24.